The molecule has 0 aliphatic rings. The maximum absolute atomic E-state index is 13.6. The first kappa shape index (κ1) is 15.0. The highest BCUT2D eigenvalue weighted by atomic mass is 35.5. The molecule has 20 heavy (non-hydrogen) atoms. The molecule has 0 N–H and O–H groups in total. The first-order valence-electron chi connectivity index (χ1n) is 5.45. The van der Waals surface area contributed by atoms with Crippen LogP contribution < -0.4 is 0 Å². The maximum atomic E-state index is 13.6. The van der Waals surface area contributed by atoms with Gasteiger partial charge >= 0.3 is 6.18 Å². The Morgan fingerprint density at radius 3 is 2.55 bits per heavy atom. The molecule has 1 aromatic carbocycles. The standard InChI is InChI=1S/C13H8ClF4NS/c14-6-10-7-20-12(19-10)4-2-8-1-3-9(5-11(8)15)13(16,17)18/h1-5,7H,6H2/b4-2+. The fourth-order valence-corrected chi connectivity index (χ4v) is 2.40. The fraction of sp³-hybridized carbons (Fsp3) is 0.154. The number of hydrogen-bond donors (Lipinski definition) is 0. The molecule has 0 aliphatic heterocycles. The van der Waals surface area contributed by atoms with Gasteiger partial charge in [0.15, 0.2) is 0 Å². The van der Waals surface area contributed by atoms with Gasteiger partial charge in [-0.3, -0.25) is 0 Å². The van der Waals surface area contributed by atoms with Crippen LogP contribution in [0, 0.1) is 5.82 Å². The summed E-state index contributed by atoms with van der Waals surface area (Å²) in [6.45, 7) is 0. The van der Waals surface area contributed by atoms with E-state index < -0.39 is 17.6 Å². The van der Waals surface area contributed by atoms with E-state index in [9.17, 15) is 17.6 Å². The molecule has 0 unspecified atom stereocenters. The second-order valence-electron chi connectivity index (χ2n) is 3.88. The van der Waals surface area contributed by atoms with Crippen LogP contribution in [0.25, 0.3) is 12.2 Å². The van der Waals surface area contributed by atoms with Gasteiger partial charge in [0, 0.05) is 10.9 Å². The Hall–Kier alpha value is -1.40. The zero-order valence-corrected chi connectivity index (χ0v) is 11.5. The fourth-order valence-electron chi connectivity index (χ4n) is 1.46. The van der Waals surface area contributed by atoms with E-state index in [1.165, 1.54) is 23.5 Å². The summed E-state index contributed by atoms with van der Waals surface area (Å²) in [4.78, 5) is 4.13. The molecule has 0 radical (unpaired) electrons. The van der Waals surface area contributed by atoms with E-state index in [1.54, 1.807) is 5.38 Å². The van der Waals surface area contributed by atoms with Crippen LogP contribution in [0.3, 0.4) is 0 Å². The number of nitrogens with zero attached hydrogens (tertiary/aromatic N) is 1. The lowest BCUT2D eigenvalue weighted by molar-refractivity contribution is -0.137. The highest BCUT2D eigenvalue weighted by molar-refractivity contribution is 7.10. The summed E-state index contributed by atoms with van der Waals surface area (Å²) < 4.78 is 50.7. The molecule has 7 heteroatoms. The van der Waals surface area contributed by atoms with Crippen molar-refractivity contribution in [2.24, 2.45) is 0 Å². The molecule has 0 atom stereocenters. The minimum absolute atomic E-state index is 0.0700. The van der Waals surface area contributed by atoms with Crippen molar-refractivity contribution >= 4 is 35.1 Å². The number of alkyl halides is 4. The van der Waals surface area contributed by atoms with Gasteiger partial charge in [-0.2, -0.15) is 13.2 Å². The Morgan fingerprint density at radius 1 is 1.25 bits per heavy atom. The van der Waals surface area contributed by atoms with Crippen LogP contribution in [-0.4, -0.2) is 4.98 Å². The van der Waals surface area contributed by atoms with Crippen molar-refractivity contribution in [2.45, 2.75) is 12.1 Å². The minimum atomic E-state index is -4.55. The third-order valence-corrected chi connectivity index (χ3v) is 3.57. The molecule has 0 spiro atoms. The quantitative estimate of drug-likeness (QED) is 0.558. The van der Waals surface area contributed by atoms with Crippen LogP contribution in [0.1, 0.15) is 21.8 Å². The molecule has 0 fully saturated rings. The van der Waals surface area contributed by atoms with Gasteiger partial charge in [-0.15, -0.1) is 22.9 Å². The van der Waals surface area contributed by atoms with Crippen molar-refractivity contribution in [3.05, 3.63) is 51.2 Å². The average molecular weight is 322 g/mol. The van der Waals surface area contributed by atoms with Crippen molar-refractivity contribution in [1.82, 2.24) is 4.98 Å². The lowest BCUT2D eigenvalue weighted by atomic mass is 10.1. The van der Waals surface area contributed by atoms with Crippen LogP contribution in [0.5, 0.6) is 0 Å². The first-order chi connectivity index (χ1) is 9.40. The van der Waals surface area contributed by atoms with E-state index in [0.29, 0.717) is 16.8 Å². The van der Waals surface area contributed by atoms with Gasteiger partial charge in [0.1, 0.15) is 10.8 Å². The summed E-state index contributed by atoms with van der Waals surface area (Å²) in [5, 5.41) is 2.37. The zero-order chi connectivity index (χ0) is 14.8. The Balaban J connectivity index is 2.21. The van der Waals surface area contributed by atoms with Crippen molar-refractivity contribution in [3.8, 4) is 0 Å². The molecule has 0 saturated carbocycles. The van der Waals surface area contributed by atoms with Crippen LogP contribution >= 0.6 is 22.9 Å². The van der Waals surface area contributed by atoms with Gasteiger partial charge in [0.25, 0.3) is 0 Å². The van der Waals surface area contributed by atoms with E-state index in [-0.39, 0.29) is 11.4 Å². The molecule has 0 aliphatic carbocycles. The molecule has 1 nitrogen and oxygen atoms in total. The summed E-state index contributed by atoms with van der Waals surface area (Å²) in [6.07, 6.45) is -1.63. The minimum Gasteiger partial charge on any atom is -0.240 e. The third kappa shape index (κ3) is 3.58. The molecule has 0 amide bonds. The van der Waals surface area contributed by atoms with Crippen LogP contribution in [0.4, 0.5) is 17.6 Å². The van der Waals surface area contributed by atoms with Crippen molar-refractivity contribution < 1.29 is 17.6 Å². The molecule has 1 heterocycles. The van der Waals surface area contributed by atoms with Gasteiger partial charge in [-0.1, -0.05) is 6.07 Å². The van der Waals surface area contributed by atoms with Gasteiger partial charge < -0.3 is 0 Å². The maximum Gasteiger partial charge on any atom is 0.416 e. The molecular formula is C13H8ClF4NS. The predicted molar refractivity (Wildman–Crippen MR) is 72.0 cm³/mol. The molecular weight excluding hydrogens is 314 g/mol. The summed E-state index contributed by atoms with van der Waals surface area (Å²) in [7, 11) is 0. The van der Waals surface area contributed by atoms with E-state index in [1.807, 2.05) is 0 Å². The highest BCUT2D eigenvalue weighted by Gasteiger charge is 2.30. The Bertz CT molecular complexity index is 634. The lowest BCUT2D eigenvalue weighted by Gasteiger charge is -2.07. The molecule has 2 aromatic rings. The van der Waals surface area contributed by atoms with Crippen molar-refractivity contribution in [1.29, 1.82) is 0 Å². The van der Waals surface area contributed by atoms with Crippen LogP contribution in [-0.2, 0) is 12.1 Å². The van der Waals surface area contributed by atoms with Crippen molar-refractivity contribution in [2.75, 3.05) is 0 Å². The summed E-state index contributed by atoms with van der Waals surface area (Å²) in [6, 6.07) is 2.41. The number of rotatable bonds is 3. The number of hydrogen-bond acceptors (Lipinski definition) is 2. The normalized spacial score (nSPS) is 12.2. The molecule has 2 rings (SSSR count). The number of benzene rings is 1. The largest absolute Gasteiger partial charge is 0.416 e. The van der Waals surface area contributed by atoms with E-state index >= 15 is 0 Å². The average Bonchev–Trinajstić information content (AvgIpc) is 2.84. The van der Waals surface area contributed by atoms with Gasteiger partial charge in [-0.05, 0) is 24.3 Å². The van der Waals surface area contributed by atoms with Gasteiger partial charge in [0.2, 0.25) is 0 Å². The number of halogens is 5. The molecule has 0 saturated heterocycles. The third-order valence-electron chi connectivity index (χ3n) is 2.44. The summed E-state index contributed by atoms with van der Waals surface area (Å²) in [5.41, 5.74) is -0.240. The van der Waals surface area contributed by atoms with Crippen LogP contribution in [0.15, 0.2) is 23.6 Å². The molecule has 106 valence electrons. The topological polar surface area (TPSA) is 12.9 Å². The smallest absolute Gasteiger partial charge is 0.240 e. The van der Waals surface area contributed by atoms with Gasteiger partial charge in [-0.25, -0.2) is 9.37 Å². The first-order valence-corrected chi connectivity index (χ1v) is 6.87. The van der Waals surface area contributed by atoms with Crippen molar-refractivity contribution in [3.63, 3.8) is 0 Å². The summed E-state index contributed by atoms with van der Waals surface area (Å²) in [5.74, 6) is -0.649. The SMILES string of the molecule is Fc1cc(C(F)(F)F)ccc1/C=C/c1nc(CCl)cs1. The molecule has 1 aromatic heterocycles. The van der Waals surface area contributed by atoms with Crippen LogP contribution in [0.2, 0.25) is 0 Å². The lowest BCUT2D eigenvalue weighted by Crippen LogP contribution is -2.05. The number of aromatic nitrogens is 1. The van der Waals surface area contributed by atoms with E-state index in [4.69, 9.17) is 11.6 Å². The Kier molecular flexibility index (Phi) is 4.45. The summed E-state index contributed by atoms with van der Waals surface area (Å²) >= 11 is 6.92. The predicted octanol–water partition coefficient (Wildman–Crippen LogP) is 5.21. The second kappa shape index (κ2) is 5.93. The Morgan fingerprint density at radius 2 is 2.00 bits per heavy atom. The zero-order valence-electron chi connectivity index (χ0n) is 9.92. The molecule has 0 bridgehead atoms. The highest BCUT2D eigenvalue weighted by Crippen LogP contribution is 2.30. The van der Waals surface area contributed by atoms with E-state index in [2.05, 4.69) is 4.98 Å². The Labute approximate surface area is 121 Å². The van der Waals surface area contributed by atoms with Gasteiger partial charge in [0.05, 0.1) is 17.1 Å². The van der Waals surface area contributed by atoms with E-state index in [0.717, 1.165) is 12.1 Å². The number of thiazole rings is 1. The second-order valence-corrected chi connectivity index (χ2v) is 5.04. The monoisotopic (exact) mass is 321 g/mol.